The maximum Gasteiger partial charge on any atom is 0.306 e. The van der Waals surface area contributed by atoms with Crippen molar-refractivity contribution in [2.75, 3.05) is 0 Å². The normalized spacial score (nSPS) is 10.3. The van der Waals surface area contributed by atoms with E-state index in [0.717, 1.165) is 11.1 Å². The Bertz CT molecular complexity index is 623. The average molecular weight is 338 g/mol. The van der Waals surface area contributed by atoms with Gasteiger partial charge in [0, 0.05) is 12.8 Å². The molecule has 0 aliphatic carbocycles. The van der Waals surface area contributed by atoms with Crippen LogP contribution in [0.15, 0.2) is 60.9 Å². The second-order valence-corrected chi connectivity index (χ2v) is 6.31. The van der Waals surface area contributed by atoms with Crippen molar-refractivity contribution in [3.05, 3.63) is 83.1 Å². The van der Waals surface area contributed by atoms with E-state index in [4.69, 9.17) is 9.47 Å². The summed E-state index contributed by atoms with van der Waals surface area (Å²) in [6.07, 6.45) is 1.71. The third-order valence-corrected chi connectivity index (χ3v) is 3.92. The molecule has 0 fully saturated rings. The minimum Gasteiger partial charge on any atom is -0.494 e. The Morgan fingerprint density at radius 1 is 0.800 bits per heavy atom. The lowest BCUT2D eigenvalue weighted by atomic mass is 10.1. The minimum absolute atomic E-state index is 0.188. The molecule has 0 saturated carbocycles. The van der Waals surface area contributed by atoms with Gasteiger partial charge < -0.3 is 9.47 Å². The summed E-state index contributed by atoms with van der Waals surface area (Å²) in [5, 5.41) is 0. The number of esters is 1. The van der Waals surface area contributed by atoms with Crippen molar-refractivity contribution in [3.63, 3.8) is 0 Å². The maximum absolute atomic E-state index is 11.8. The Morgan fingerprint density at radius 3 is 1.80 bits per heavy atom. The first-order chi connectivity index (χ1) is 12.0. The van der Waals surface area contributed by atoms with Crippen LogP contribution in [0.3, 0.4) is 0 Å². The second-order valence-electron chi connectivity index (χ2n) is 6.31. The van der Waals surface area contributed by atoms with Crippen LogP contribution in [0, 0.1) is 13.8 Å². The van der Waals surface area contributed by atoms with Gasteiger partial charge in [0.05, 0.1) is 5.76 Å². The van der Waals surface area contributed by atoms with Crippen LogP contribution in [0.5, 0.6) is 0 Å². The van der Waals surface area contributed by atoms with Crippen molar-refractivity contribution in [2.45, 2.75) is 46.3 Å². The molecule has 0 heterocycles. The predicted octanol–water partition coefficient (Wildman–Crippen LogP) is 5.25. The fourth-order valence-corrected chi connectivity index (χ4v) is 2.29. The van der Waals surface area contributed by atoms with Gasteiger partial charge in [0.1, 0.15) is 13.2 Å². The molecule has 0 N–H and O–H groups in total. The van der Waals surface area contributed by atoms with Crippen molar-refractivity contribution in [1.29, 1.82) is 0 Å². The first kappa shape index (κ1) is 18.8. The Balaban J connectivity index is 1.59. The van der Waals surface area contributed by atoms with Crippen LogP contribution in [0.2, 0.25) is 0 Å². The van der Waals surface area contributed by atoms with Crippen LogP contribution in [0.25, 0.3) is 0 Å². The van der Waals surface area contributed by atoms with E-state index in [1.165, 1.54) is 11.1 Å². The smallest absolute Gasteiger partial charge is 0.306 e. The van der Waals surface area contributed by atoms with E-state index in [9.17, 15) is 4.79 Å². The summed E-state index contributed by atoms with van der Waals surface area (Å²) < 4.78 is 10.9. The molecule has 0 spiro atoms. The number of ether oxygens (including phenoxy) is 2. The van der Waals surface area contributed by atoms with Crippen LogP contribution in [-0.2, 0) is 27.5 Å². The van der Waals surface area contributed by atoms with Crippen LogP contribution < -0.4 is 0 Å². The molecule has 0 amide bonds. The number of carbonyl (C=O) groups excluding carboxylic acids is 1. The molecule has 0 aromatic heterocycles. The van der Waals surface area contributed by atoms with Gasteiger partial charge in [-0.05, 0) is 31.4 Å². The van der Waals surface area contributed by atoms with E-state index in [-0.39, 0.29) is 5.97 Å². The summed E-state index contributed by atoms with van der Waals surface area (Å²) in [4.78, 5) is 11.8. The van der Waals surface area contributed by atoms with Gasteiger partial charge in [-0.3, -0.25) is 4.79 Å². The summed E-state index contributed by atoms with van der Waals surface area (Å²) in [6, 6.07) is 16.2. The maximum atomic E-state index is 11.8. The van der Waals surface area contributed by atoms with E-state index < -0.39 is 0 Å². The van der Waals surface area contributed by atoms with Crippen molar-refractivity contribution >= 4 is 5.97 Å². The molecule has 0 radical (unpaired) electrons. The van der Waals surface area contributed by atoms with E-state index in [2.05, 4.69) is 25.6 Å². The standard InChI is InChI=1S/C22H26O3/c1-17-7-11-20(12-8-17)15-24-19(3)5-4-6-22(23)25-16-21-13-9-18(2)10-14-21/h7-14H,3-6,15-16H2,1-2H3. The molecule has 3 heteroatoms. The molecule has 25 heavy (non-hydrogen) atoms. The molecule has 0 bridgehead atoms. The summed E-state index contributed by atoms with van der Waals surface area (Å²) in [5.74, 6) is 0.513. The number of benzene rings is 2. The van der Waals surface area contributed by atoms with Crippen molar-refractivity contribution in [2.24, 2.45) is 0 Å². The Labute approximate surface area is 150 Å². The zero-order valence-corrected chi connectivity index (χ0v) is 15.1. The molecule has 2 aromatic rings. The van der Waals surface area contributed by atoms with Crippen molar-refractivity contribution in [1.82, 2.24) is 0 Å². The number of rotatable bonds is 9. The number of allylic oxidation sites excluding steroid dienone is 1. The predicted molar refractivity (Wildman–Crippen MR) is 99.9 cm³/mol. The first-order valence-corrected chi connectivity index (χ1v) is 8.60. The van der Waals surface area contributed by atoms with Gasteiger partial charge in [0.2, 0.25) is 0 Å². The Hall–Kier alpha value is -2.55. The highest BCUT2D eigenvalue weighted by molar-refractivity contribution is 5.69. The SMILES string of the molecule is C=C(CCCC(=O)OCc1ccc(C)cc1)OCc1ccc(C)cc1. The van der Waals surface area contributed by atoms with Crippen LogP contribution in [0.1, 0.15) is 41.5 Å². The fourth-order valence-electron chi connectivity index (χ4n) is 2.29. The summed E-state index contributed by atoms with van der Waals surface area (Å²) in [6.45, 7) is 8.83. The number of carbonyl (C=O) groups is 1. The third kappa shape index (κ3) is 7.25. The topological polar surface area (TPSA) is 35.5 Å². The number of aryl methyl sites for hydroxylation is 2. The zero-order valence-electron chi connectivity index (χ0n) is 15.1. The summed E-state index contributed by atoms with van der Waals surface area (Å²) in [5.41, 5.74) is 4.54. The van der Waals surface area contributed by atoms with E-state index in [0.29, 0.717) is 38.2 Å². The van der Waals surface area contributed by atoms with Gasteiger partial charge in [0.25, 0.3) is 0 Å². The zero-order chi connectivity index (χ0) is 18.1. The van der Waals surface area contributed by atoms with Gasteiger partial charge in [-0.2, -0.15) is 0 Å². The molecule has 0 atom stereocenters. The molecule has 3 nitrogen and oxygen atoms in total. The highest BCUT2D eigenvalue weighted by Crippen LogP contribution is 2.12. The van der Waals surface area contributed by atoms with Crippen molar-refractivity contribution < 1.29 is 14.3 Å². The summed E-state index contributed by atoms with van der Waals surface area (Å²) >= 11 is 0. The Morgan fingerprint density at radius 2 is 1.28 bits per heavy atom. The van der Waals surface area contributed by atoms with E-state index in [1.54, 1.807) is 0 Å². The molecule has 0 aliphatic rings. The quantitative estimate of drug-likeness (QED) is 0.463. The third-order valence-electron chi connectivity index (χ3n) is 3.92. The van der Waals surface area contributed by atoms with Gasteiger partial charge >= 0.3 is 5.97 Å². The van der Waals surface area contributed by atoms with Crippen LogP contribution in [0.4, 0.5) is 0 Å². The number of hydrogen-bond donors (Lipinski definition) is 0. The molecule has 0 saturated heterocycles. The van der Waals surface area contributed by atoms with Gasteiger partial charge in [-0.25, -0.2) is 0 Å². The molecule has 0 unspecified atom stereocenters. The molecular weight excluding hydrogens is 312 g/mol. The minimum atomic E-state index is -0.188. The monoisotopic (exact) mass is 338 g/mol. The van der Waals surface area contributed by atoms with Crippen LogP contribution in [-0.4, -0.2) is 5.97 Å². The lowest BCUT2D eigenvalue weighted by Crippen LogP contribution is -2.04. The lowest BCUT2D eigenvalue weighted by Gasteiger charge is -2.09. The van der Waals surface area contributed by atoms with Gasteiger partial charge in [-0.1, -0.05) is 66.2 Å². The molecule has 0 aliphatic heterocycles. The summed E-state index contributed by atoms with van der Waals surface area (Å²) in [7, 11) is 0. The molecule has 132 valence electrons. The van der Waals surface area contributed by atoms with Gasteiger partial charge in [0.15, 0.2) is 0 Å². The fraction of sp³-hybridized carbons (Fsp3) is 0.318. The second kappa shape index (κ2) is 9.67. The molecule has 2 aromatic carbocycles. The highest BCUT2D eigenvalue weighted by Gasteiger charge is 2.05. The largest absolute Gasteiger partial charge is 0.494 e. The molecular formula is C22H26O3. The highest BCUT2D eigenvalue weighted by atomic mass is 16.5. The van der Waals surface area contributed by atoms with Gasteiger partial charge in [-0.15, -0.1) is 0 Å². The van der Waals surface area contributed by atoms with E-state index >= 15 is 0 Å². The van der Waals surface area contributed by atoms with Crippen molar-refractivity contribution in [3.8, 4) is 0 Å². The Kier molecular flexibility index (Phi) is 7.27. The lowest BCUT2D eigenvalue weighted by molar-refractivity contribution is -0.145. The average Bonchev–Trinajstić information content (AvgIpc) is 2.61. The van der Waals surface area contributed by atoms with E-state index in [1.807, 2.05) is 43.3 Å². The number of hydrogen-bond acceptors (Lipinski definition) is 3. The molecule has 2 rings (SSSR count). The first-order valence-electron chi connectivity index (χ1n) is 8.60. The van der Waals surface area contributed by atoms with Crippen LogP contribution >= 0.6 is 0 Å².